The maximum Gasteiger partial charge on any atom is 0.414 e. The summed E-state index contributed by atoms with van der Waals surface area (Å²) in [5, 5.41) is 11.6. The van der Waals surface area contributed by atoms with Crippen LogP contribution in [0.1, 0.15) is 32.8 Å². The fourth-order valence-corrected chi connectivity index (χ4v) is 3.64. The quantitative estimate of drug-likeness (QED) is 0.112. The Morgan fingerprint density at radius 1 is 1.32 bits per heavy atom. The van der Waals surface area contributed by atoms with E-state index in [9.17, 15) is 14.9 Å². The monoisotopic (exact) mass is 557 g/mol. The molecule has 1 aromatic carbocycles. The number of hydrogen-bond acceptors (Lipinski definition) is 6. The van der Waals surface area contributed by atoms with E-state index < -0.39 is 11.0 Å². The molecule has 168 valence electrons. The zero-order chi connectivity index (χ0) is 23.4. The van der Waals surface area contributed by atoms with Gasteiger partial charge in [-0.05, 0) is 62.9 Å². The fraction of sp³-hybridized carbons (Fsp3) is 0.333. The summed E-state index contributed by atoms with van der Waals surface area (Å²) in [4.78, 5) is 28.8. The van der Waals surface area contributed by atoms with Crippen molar-refractivity contribution in [1.29, 1.82) is 0 Å². The maximum absolute atomic E-state index is 12.6. The van der Waals surface area contributed by atoms with Crippen LogP contribution in [0.4, 0.5) is 16.2 Å². The van der Waals surface area contributed by atoms with Crippen molar-refractivity contribution in [2.24, 2.45) is 0 Å². The third kappa shape index (κ3) is 7.95. The standard InChI is InChI=1S/C19H19Br2N3O5.C2H6/c1-3-5-9-29-14-8-6-7-13(10-14)12-23(19(25)28-4-2)15-11-16(20)22-18(21)17(15)24(26)27;1-2/h3,6-8,10-11H,1,4-5,9,12H2,2H3;1-2H3. The van der Waals surface area contributed by atoms with Crippen molar-refractivity contribution in [3.63, 3.8) is 0 Å². The molecule has 0 aliphatic heterocycles. The first-order chi connectivity index (χ1) is 14.9. The van der Waals surface area contributed by atoms with Gasteiger partial charge in [0.25, 0.3) is 0 Å². The van der Waals surface area contributed by atoms with Crippen LogP contribution in [0.15, 0.2) is 52.2 Å². The lowest BCUT2D eigenvalue weighted by Gasteiger charge is -2.22. The molecule has 0 fully saturated rings. The molecule has 2 rings (SSSR count). The number of carbonyl (C=O) groups excluding carboxylic acids is 1. The Bertz CT molecular complexity index is 909. The van der Waals surface area contributed by atoms with Gasteiger partial charge in [0.05, 0.1) is 24.7 Å². The first-order valence-electron chi connectivity index (χ1n) is 9.64. The minimum Gasteiger partial charge on any atom is -0.493 e. The van der Waals surface area contributed by atoms with Crippen molar-refractivity contribution in [2.75, 3.05) is 18.1 Å². The van der Waals surface area contributed by atoms with Gasteiger partial charge >= 0.3 is 11.8 Å². The van der Waals surface area contributed by atoms with Gasteiger partial charge in [-0.2, -0.15) is 0 Å². The molecular weight excluding hydrogens is 534 g/mol. The summed E-state index contributed by atoms with van der Waals surface area (Å²) in [6, 6.07) is 8.55. The number of halogens is 2. The average molecular weight is 559 g/mol. The lowest BCUT2D eigenvalue weighted by molar-refractivity contribution is -0.385. The summed E-state index contributed by atoms with van der Waals surface area (Å²) >= 11 is 6.31. The largest absolute Gasteiger partial charge is 0.493 e. The SMILES string of the molecule is C=CCCOc1cccc(CN(C(=O)OCC)c2cc(Br)nc(Br)c2[N+](=O)[O-])c1.CC. The molecule has 0 atom stereocenters. The maximum atomic E-state index is 12.6. The molecule has 10 heteroatoms. The number of carbonyl (C=O) groups is 1. The predicted molar refractivity (Wildman–Crippen MR) is 128 cm³/mol. The predicted octanol–water partition coefficient (Wildman–Crippen LogP) is 6.66. The van der Waals surface area contributed by atoms with Crippen molar-refractivity contribution < 1.29 is 19.2 Å². The van der Waals surface area contributed by atoms with Gasteiger partial charge in [0, 0.05) is 6.07 Å². The molecule has 2 aromatic rings. The van der Waals surface area contributed by atoms with E-state index in [1.165, 1.54) is 11.0 Å². The molecule has 1 amide bonds. The van der Waals surface area contributed by atoms with Crippen molar-refractivity contribution in [1.82, 2.24) is 4.98 Å². The number of hydrogen-bond donors (Lipinski definition) is 0. The Hall–Kier alpha value is -2.46. The average Bonchev–Trinajstić information content (AvgIpc) is 2.73. The number of aromatic nitrogens is 1. The Labute approximate surface area is 198 Å². The van der Waals surface area contributed by atoms with E-state index in [4.69, 9.17) is 9.47 Å². The van der Waals surface area contributed by atoms with Gasteiger partial charge in [-0.1, -0.05) is 32.1 Å². The number of ether oxygens (including phenoxy) is 2. The van der Waals surface area contributed by atoms with E-state index in [1.807, 2.05) is 13.8 Å². The minimum absolute atomic E-state index is 0.00248. The van der Waals surface area contributed by atoms with E-state index in [2.05, 4.69) is 43.4 Å². The van der Waals surface area contributed by atoms with Gasteiger partial charge in [0.2, 0.25) is 0 Å². The molecule has 0 N–H and O–H groups in total. The lowest BCUT2D eigenvalue weighted by Crippen LogP contribution is -2.32. The van der Waals surface area contributed by atoms with E-state index in [0.29, 0.717) is 28.9 Å². The molecule has 0 spiro atoms. The minimum atomic E-state index is -0.710. The second-order valence-corrected chi connectivity index (χ2v) is 7.28. The van der Waals surface area contributed by atoms with Gasteiger partial charge < -0.3 is 9.47 Å². The molecule has 0 aliphatic carbocycles. The highest BCUT2D eigenvalue weighted by atomic mass is 79.9. The third-order valence-electron chi connectivity index (χ3n) is 3.69. The van der Waals surface area contributed by atoms with Gasteiger partial charge in [0.15, 0.2) is 4.60 Å². The first kappa shape index (κ1) is 26.6. The zero-order valence-electron chi connectivity index (χ0n) is 17.6. The van der Waals surface area contributed by atoms with Crippen LogP contribution in [0.25, 0.3) is 0 Å². The molecule has 0 saturated carbocycles. The second-order valence-electron chi connectivity index (χ2n) is 5.72. The highest BCUT2D eigenvalue weighted by molar-refractivity contribution is 9.11. The Kier molecular flexibility index (Phi) is 11.8. The molecule has 0 saturated heterocycles. The summed E-state index contributed by atoms with van der Waals surface area (Å²) in [6.07, 6.45) is 1.74. The highest BCUT2D eigenvalue weighted by Gasteiger charge is 2.30. The van der Waals surface area contributed by atoms with E-state index in [1.54, 1.807) is 37.3 Å². The molecule has 1 heterocycles. The fourth-order valence-electron chi connectivity index (χ4n) is 2.47. The van der Waals surface area contributed by atoms with Crippen LogP contribution in [0.3, 0.4) is 0 Å². The molecule has 1 aromatic heterocycles. The lowest BCUT2D eigenvalue weighted by atomic mass is 10.2. The van der Waals surface area contributed by atoms with Crippen LogP contribution in [0.5, 0.6) is 5.75 Å². The molecule has 0 radical (unpaired) electrons. The van der Waals surface area contributed by atoms with Gasteiger partial charge in [-0.15, -0.1) is 6.58 Å². The molecule has 0 unspecified atom stereocenters. The highest BCUT2D eigenvalue weighted by Crippen LogP contribution is 2.37. The topological polar surface area (TPSA) is 94.8 Å². The van der Waals surface area contributed by atoms with Crippen molar-refractivity contribution >= 4 is 49.3 Å². The van der Waals surface area contributed by atoms with Crippen molar-refractivity contribution in [3.8, 4) is 5.75 Å². The van der Waals surface area contributed by atoms with Gasteiger partial charge in [-0.3, -0.25) is 15.0 Å². The first-order valence-corrected chi connectivity index (χ1v) is 11.2. The second kappa shape index (κ2) is 13.8. The van der Waals surface area contributed by atoms with Crippen LogP contribution in [0.2, 0.25) is 0 Å². The van der Waals surface area contributed by atoms with Gasteiger partial charge in [0.1, 0.15) is 16.0 Å². The number of amides is 1. The number of nitro groups is 1. The molecule has 0 aliphatic rings. The Morgan fingerprint density at radius 3 is 2.65 bits per heavy atom. The zero-order valence-corrected chi connectivity index (χ0v) is 20.8. The van der Waals surface area contributed by atoms with Gasteiger partial charge in [-0.25, -0.2) is 9.78 Å². The summed E-state index contributed by atoms with van der Waals surface area (Å²) in [5.41, 5.74) is 0.437. The summed E-state index contributed by atoms with van der Waals surface area (Å²) in [6.45, 7) is 9.96. The van der Waals surface area contributed by atoms with Crippen LogP contribution >= 0.6 is 31.9 Å². The van der Waals surface area contributed by atoms with Crippen LogP contribution in [-0.4, -0.2) is 29.2 Å². The molecule has 8 nitrogen and oxygen atoms in total. The van der Waals surface area contributed by atoms with E-state index >= 15 is 0 Å². The molecular formula is C21H25Br2N3O5. The van der Waals surface area contributed by atoms with Crippen LogP contribution < -0.4 is 9.64 Å². The smallest absolute Gasteiger partial charge is 0.414 e. The number of anilines is 1. The van der Waals surface area contributed by atoms with Crippen molar-refractivity contribution in [2.45, 2.75) is 33.7 Å². The number of pyridine rings is 1. The van der Waals surface area contributed by atoms with E-state index in [-0.39, 0.29) is 29.1 Å². The molecule has 31 heavy (non-hydrogen) atoms. The van der Waals surface area contributed by atoms with E-state index in [0.717, 1.165) is 0 Å². The normalized spacial score (nSPS) is 9.84. The number of nitrogens with zero attached hydrogens (tertiary/aromatic N) is 3. The number of rotatable bonds is 9. The summed E-state index contributed by atoms with van der Waals surface area (Å²) in [7, 11) is 0. The van der Waals surface area contributed by atoms with Crippen LogP contribution in [-0.2, 0) is 11.3 Å². The Morgan fingerprint density at radius 2 is 2.03 bits per heavy atom. The third-order valence-corrected chi connectivity index (χ3v) is 4.65. The van der Waals surface area contributed by atoms with Crippen molar-refractivity contribution in [3.05, 3.63) is 67.9 Å². The van der Waals surface area contributed by atoms with Crippen LogP contribution in [0, 0.1) is 10.1 Å². The Balaban J connectivity index is 0.00000233. The summed E-state index contributed by atoms with van der Waals surface area (Å²) in [5.74, 6) is 0.625. The molecule has 0 bridgehead atoms. The summed E-state index contributed by atoms with van der Waals surface area (Å²) < 4.78 is 11.1. The number of benzene rings is 1.